The van der Waals surface area contributed by atoms with Crippen molar-refractivity contribution in [3.8, 4) is 6.07 Å². The number of amidine groups is 1. The highest BCUT2D eigenvalue weighted by Gasteiger charge is 2.47. The molecule has 1 aliphatic rings. The highest BCUT2D eigenvalue weighted by atomic mass is 32.2. The van der Waals surface area contributed by atoms with E-state index < -0.39 is 11.2 Å². The van der Waals surface area contributed by atoms with Crippen molar-refractivity contribution >= 4 is 29.2 Å². The fourth-order valence-electron chi connectivity index (χ4n) is 2.46. The number of halogens is 1. The molecule has 1 aromatic carbocycles. The molecule has 0 saturated heterocycles. The van der Waals surface area contributed by atoms with E-state index in [1.54, 1.807) is 6.07 Å². The Morgan fingerprint density at radius 2 is 2.30 bits per heavy atom. The molecule has 1 saturated carbocycles. The summed E-state index contributed by atoms with van der Waals surface area (Å²) in [7, 11) is 0. The van der Waals surface area contributed by atoms with Crippen LogP contribution in [0, 0.1) is 22.6 Å². The van der Waals surface area contributed by atoms with Crippen molar-refractivity contribution in [1.82, 2.24) is 15.8 Å². The lowest BCUT2D eigenvalue weighted by atomic mass is 10.0. The molecule has 1 aromatic heterocycles. The topological polar surface area (TPSA) is 150 Å². The number of nitrogens with two attached hydrogens (primary N) is 1. The van der Waals surface area contributed by atoms with E-state index in [0.717, 1.165) is 18.9 Å². The molecule has 27 heavy (non-hydrogen) atoms. The third-order valence-corrected chi connectivity index (χ3v) is 5.25. The van der Waals surface area contributed by atoms with Crippen LogP contribution >= 0.6 is 11.8 Å². The first-order valence-electron chi connectivity index (χ1n) is 7.93. The third-order valence-electron chi connectivity index (χ3n) is 4.30. The normalized spacial score (nSPS) is 15.2. The second kappa shape index (κ2) is 7.73. The number of nitriles is 1. The largest absolute Gasteiger partial charge is 0.369 e. The van der Waals surface area contributed by atoms with Gasteiger partial charge in [-0.15, -0.1) is 11.8 Å². The molecule has 1 amide bonds. The summed E-state index contributed by atoms with van der Waals surface area (Å²) >= 11 is 1.28. The van der Waals surface area contributed by atoms with Crippen LogP contribution in [0.3, 0.4) is 0 Å². The summed E-state index contributed by atoms with van der Waals surface area (Å²) < 4.78 is 18.1. The zero-order chi connectivity index (χ0) is 19.4. The van der Waals surface area contributed by atoms with Crippen LogP contribution in [0.4, 0.5) is 10.1 Å². The molecule has 2 aromatic rings. The van der Waals surface area contributed by atoms with Crippen molar-refractivity contribution in [3.63, 3.8) is 0 Å². The minimum absolute atomic E-state index is 0.0784. The predicted molar refractivity (Wildman–Crippen MR) is 92.7 cm³/mol. The van der Waals surface area contributed by atoms with Gasteiger partial charge in [-0.1, -0.05) is 0 Å². The van der Waals surface area contributed by atoms with Crippen molar-refractivity contribution in [2.45, 2.75) is 24.3 Å². The molecule has 0 atom stereocenters. The summed E-state index contributed by atoms with van der Waals surface area (Å²) in [5.41, 5.74) is 7.08. The maximum atomic E-state index is 13.4. The minimum Gasteiger partial charge on any atom is -0.369 e. The van der Waals surface area contributed by atoms with Crippen molar-refractivity contribution in [2.24, 2.45) is 16.1 Å². The lowest BCUT2D eigenvalue weighted by Gasteiger charge is -2.09. The lowest BCUT2D eigenvalue weighted by molar-refractivity contribution is -0.123. The molecule has 1 heterocycles. The number of amides is 1. The molecule has 9 nitrogen and oxygen atoms in total. The van der Waals surface area contributed by atoms with E-state index in [4.69, 9.17) is 15.6 Å². The molecular weight excluding hydrogens is 375 g/mol. The van der Waals surface area contributed by atoms with Crippen molar-refractivity contribution in [3.05, 3.63) is 35.3 Å². The van der Waals surface area contributed by atoms with Crippen LogP contribution in [-0.2, 0) is 4.79 Å². The Morgan fingerprint density at radius 3 is 2.93 bits per heavy atom. The Labute approximate surface area is 157 Å². The first kappa shape index (κ1) is 18.8. The van der Waals surface area contributed by atoms with Gasteiger partial charge in [-0.3, -0.25) is 15.5 Å². The molecule has 11 heteroatoms. The maximum Gasteiger partial charge on any atom is 0.223 e. The van der Waals surface area contributed by atoms with E-state index in [1.165, 1.54) is 23.9 Å². The number of hydrogen-bond acceptors (Lipinski definition) is 8. The zero-order valence-electron chi connectivity index (χ0n) is 14.0. The number of aliphatic imine (C=N–C) groups is 1. The van der Waals surface area contributed by atoms with Gasteiger partial charge < -0.3 is 5.73 Å². The summed E-state index contributed by atoms with van der Waals surface area (Å²) in [4.78, 5) is 15.5. The van der Waals surface area contributed by atoms with E-state index in [2.05, 4.69) is 15.3 Å². The van der Waals surface area contributed by atoms with Crippen LogP contribution in [-0.4, -0.2) is 33.0 Å². The van der Waals surface area contributed by atoms with Crippen LogP contribution in [0.1, 0.15) is 30.5 Å². The van der Waals surface area contributed by atoms with Crippen molar-refractivity contribution in [1.29, 1.82) is 5.26 Å². The number of nitrogens with one attached hydrogen (secondary N) is 1. The fourth-order valence-corrected chi connectivity index (χ4v) is 3.50. The lowest BCUT2D eigenvalue weighted by Crippen LogP contribution is -2.25. The van der Waals surface area contributed by atoms with Crippen LogP contribution in [0.2, 0.25) is 0 Å². The predicted octanol–water partition coefficient (Wildman–Crippen LogP) is 1.89. The summed E-state index contributed by atoms with van der Waals surface area (Å²) in [6, 6.07) is 5.39. The Morgan fingerprint density at radius 1 is 1.52 bits per heavy atom. The molecule has 1 fully saturated rings. The number of thioether (sulfide) groups is 1. The van der Waals surface area contributed by atoms with Crippen molar-refractivity contribution in [2.75, 3.05) is 5.75 Å². The number of carbonyl (C=O) groups is 1. The van der Waals surface area contributed by atoms with E-state index in [-0.39, 0.29) is 28.7 Å². The Bertz CT molecular complexity index is 934. The second-order valence-corrected chi connectivity index (χ2v) is 7.09. The molecule has 0 radical (unpaired) electrons. The third kappa shape index (κ3) is 4.07. The second-order valence-electron chi connectivity index (χ2n) is 6.01. The van der Waals surface area contributed by atoms with Gasteiger partial charge >= 0.3 is 0 Å². The maximum absolute atomic E-state index is 13.4. The van der Waals surface area contributed by atoms with Crippen LogP contribution in [0.25, 0.3) is 0 Å². The number of aromatic nitrogens is 2. The number of nitrogens with zero attached hydrogens (tertiary/aromatic N) is 4. The fraction of sp³-hybridized carbons (Fsp3) is 0.312. The number of carbonyl (C=O) groups excluding carboxylic acids is 1. The number of hydrogen-bond donors (Lipinski definition) is 3. The molecular formula is C16H15FN6O3S. The van der Waals surface area contributed by atoms with E-state index >= 15 is 0 Å². The molecule has 0 bridgehead atoms. The highest BCUT2D eigenvalue weighted by Crippen LogP contribution is 2.49. The number of rotatable bonds is 7. The van der Waals surface area contributed by atoms with Gasteiger partial charge in [0.25, 0.3) is 0 Å². The van der Waals surface area contributed by atoms with Crippen LogP contribution in [0.15, 0.2) is 32.8 Å². The number of benzene rings is 1. The van der Waals surface area contributed by atoms with Gasteiger partial charge in [-0.25, -0.2) is 14.0 Å². The highest BCUT2D eigenvalue weighted by molar-refractivity contribution is 7.99. The molecule has 0 unspecified atom stereocenters. The van der Waals surface area contributed by atoms with Crippen molar-refractivity contribution < 1.29 is 19.0 Å². The molecule has 0 aliphatic heterocycles. The summed E-state index contributed by atoms with van der Waals surface area (Å²) in [6.45, 7) is 0. The van der Waals surface area contributed by atoms with Crippen LogP contribution in [0.5, 0.6) is 0 Å². The zero-order valence-corrected chi connectivity index (χ0v) is 14.8. The molecule has 140 valence electrons. The van der Waals surface area contributed by atoms with Crippen LogP contribution < -0.4 is 11.2 Å². The van der Waals surface area contributed by atoms with Gasteiger partial charge in [0, 0.05) is 11.2 Å². The van der Waals surface area contributed by atoms with Gasteiger partial charge in [0.1, 0.15) is 11.9 Å². The van der Waals surface area contributed by atoms with E-state index in [9.17, 15) is 14.4 Å². The molecule has 4 N–H and O–H groups in total. The molecule has 0 spiro atoms. The quantitative estimate of drug-likeness (QED) is 0.281. The first-order valence-corrected chi connectivity index (χ1v) is 8.92. The Balaban J connectivity index is 1.76. The smallest absolute Gasteiger partial charge is 0.223 e. The molecule has 1 aliphatic carbocycles. The average molecular weight is 390 g/mol. The summed E-state index contributed by atoms with van der Waals surface area (Å²) in [5, 5.41) is 26.1. The number of hydroxylamine groups is 1. The van der Waals surface area contributed by atoms with Gasteiger partial charge in [0.2, 0.25) is 5.91 Å². The van der Waals surface area contributed by atoms with E-state index in [0.29, 0.717) is 17.2 Å². The summed E-state index contributed by atoms with van der Waals surface area (Å²) in [6.07, 6.45) is 2.16. The number of primary amides is 1. The SMILES string of the molecule is N#Cc1cc(N=C(NO)c2nonc2SCCC2(C(N)=O)CC2)ccc1F. The van der Waals surface area contributed by atoms with Gasteiger partial charge in [-0.2, -0.15) is 5.26 Å². The Hall–Kier alpha value is -2.97. The monoisotopic (exact) mass is 390 g/mol. The Kier molecular flexibility index (Phi) is 5.38. The van der Waals surface area contributed by atoms with Gasteiger partial charge in [0.05, 0.1) is 11.3 Å². The van der Waals surface area contributed by atoms with Gasteiger partial charge in [0.15, 0.2) is 16.6 Å². The van der Waals surface area contributed by atoms with Gasteiger partial charge in [-0.05, 0) is 47.8 Å². The molecule has 3 rings (SSSR count). The minimum atomic E-state index is -0.669. The van der Waals surface area contributed by atoms with E-state index in [1.807, 2.05) is 5.48 Å². The average Bonchev–Trinajstić information content (AvgIpc) is 3.32. The standard InChI is InChI=1S/C16H15FN6O3S/c17-11-2-1-10(7-9(11)8-18)20-13(21-25)12-14(23-26-22-12)27-6-5-16(3-4-16)15(19)24/h1-2,7,25H,3-6H2,(H2,19,24)(H,20,21). The summed E-state index contributed by atoms with van der Waals surface area (Å²) in [5.74, 6) is -0.494. The first-order chi connectivity index (χ1) is 13.0.